The molecule has 0 radical (unpaired) electrons. The molecule has 0 aliphatic carbocycles. The average molecular weight is 265 g/mol. The lowest BCUT2D eigenvalue weighted by Gasteiger charge is -2.26. The van der Waals surface area contributed by atoms with Crippen LogP contribution in [0.3, 0.4) is 0 Å². The van der Waals surface area contributed by atoms with Gasteiger partial charge in [-0.25, -0.2) is 4.79 Å². The van der Waals surface area contributed by atoms with Crippen molar-refractivity contribution < 1.29 is 19.4 Å². The standard InChI is InChI=1S/C14H19NO4/c1-3-8-15(10-16)13(14(17)18)12-7-5-4-6-11(12)9-19-2/h4-7,10,13H,3,8-9H2,1-2H3,(H,17,18). The van der Waals surface area contributed by atoms with Crippen LogP contribution in [0, 0.1) is 0 Å². The Morgan fingerprint density at radius 3 is 2.68 bits per heavy atom. The zero-order valence-corrected chi connectivity index (χ0v) is 11.2. The second-order valence-electron chi connectivity index (χ2n) is 4.22. The second-order valence-corrected chi connectivity index (χ2v) is 4.22. The Bertz CT molecular complexity index is 433. The molecule has 5 heteroatoms. The topological polar surface area (TPSA) is 66.8 Å². The van der Waals surface area contributed by atoms with Crippen molar-refractivity contribution in [1.29, 1.82) is 0 Å². The summed E-state index contributed by atoms with van der Waals surface area (Å²) < 4.78 is 5.07. The molecule has 1 aromatic carbocycles. The van der Waals surface area contributed by atoms with Gasteiger partial charge in [0.15, 0.2) is 6.04 Å². The summed E-state index contributed by atoms with van der Waals surface area (Å²) in [6.07, 6.45) is 1.29. The first-order chi connectivity index (χ1) is 9.15. The molecule has 5 nitrogen and oxygen atoms in total. The molecule has 1 rings (SSSR count). The van der Waals surface area contributed by atoms with Gasteiger partial charge in [0, 0.05) is 13.7 Å². The monoisotopic (exact) mass is 265 g/mol. The third-order valence-electron chi connectivity index (χ3n) is 2.83. The van der Waals surface area contributed by atoms with Crippen LogP contribution >= 0.6 is 0 Å². The maximum Gasteiger partial charge on any atom is 0.331 e. The molecule has 0 fully saturated rings. The molecule has 0 spiro atoms. The normalized spacial score (nSPS) is 11.9. The van der Waals surface area contributed by atoms with E-state index in [0.717, 1.165) is 5.56 Å². The third kappa shape index (κ3) is 3.79. The quantitative estimate of drug-likeness (QED) is 0.728. The molecule has 0 heterocycles. The SMILES string of the molecule is CCCN(C=O)C(C(=O)O)c1ccccc1COC. The van der Waals surface area contributed by atoms with Gasteiger partial charge in [-0.1, -0.05) is 31.2 Å². The van der Waals surface area contributed by atoms with Crippen molar-refractivity contribution in [2.75, 3.05) is 13.7 Å². The van der Waals surface area contributed by atoms with Gasteiger partial charge in [-0.15, -0.1) is 0 Å². The van der Waals surface area contributed by atoms with Crippen LogP contribution in [0.4, 0.5) is 0 Å². The third-order valence-corrected chi connectivity index (χ3v) is 2.83. The van der Waals surface area contributed by atoms with E-state index in [-0.39, 0.29) is 0 Å². The lowest BCUT2D eigenvalue weighted by Crippen LogP contribution is -2.34. The Morgan fingerprint density at radius 1 is 1.47 bits per heavy atom. The minimum Gasteiger partial charge on any atom is -0.479 e. The highest BCUT2D eigenvalue weighted by Gasteiger charge is 2.27. The molecule has 0 aromatic heterocycles. The Hall–Kier alpha value is -1.88. The van der Waals surface area contributed by atoms with Gasteiger partial charge in [0.2, 0.25) is 6.41 Å². The Morgan fingerprint density at radius 2 is 2.16 bits per heavy atom. The summed E-state index contributed by atoms with van der Waals surface area (Å²) in [5.74, 6) is -1.04. The highest BCUT2D eigenvalue weighted by atomic mass is 16.5. The van der Waals surface area contributed by atoms with Crippen LogP contribution in [0.5, 0.6) is 0 Å². The summed E-state index contributed by atoms with van der Waals surface area (Å²) >= 11 is 0. The maximum atomic E-state index is 11.5. The predicted molar refractivity (Wildman–Crippen MR) is 70.6 cm³/mol. The number of ether oxygens (including phenoxy) is 1. The summed E-state index contributed by atoms with van der Waals surface area (Å²) in [4.78, 5) is 23.9. The number of methoxy groups -OCH3 is 1. The largest absolute Gasteiger partial charge is 0.479 e. The summed E-state index contributed by atoms with van der Waals surface area (Å²) in [5, 5.41) is 9.41. The van der Waals surface area contributed by atoms with Gasteiger partial charge in [0.25, 0.3) is 0 Å². The molecule has 0 aliphatic rings. The number of amides is 1. The van der Waals surface area contributed by atoms with Crippen LogP contribution in [0.15, 0.2) is 24.3 Å². The van der Waals surface area contributed by atoms with Gasteiger partial charge in [-0.2, -0.15) is 0 Å². The van der Waals surface area contributed by atoms with Crippen LogP contribution in [-0.2, 0) is 20.9 Å². The first-order valence-corrected chi connectivity index (χ1v) is 6.16. The first-order valence-electron chi connectivity index (χ1n) is 6.16. The number of carboxylic acid groups (broad SMARTS) is 1. The van der Waals surface area contributed by atoms with Gasteiger partial charge >= 0.3 is 5.97 Å². The molecule has 0 aliphatic heterocycles. The predicted octanol–water partition coefficient (Wildman–Crippen LogP) is 1.83. The molecule has 1 amide bonds. The smallest absolute Gasteiger partial charge is 0.331 e. The fraction of sp³-hybridized carbons (Fsp3) is 0.429. The molecule has 0 saturated heterocycles. The van der Waals surface area contributed by atoms with Gasteiger partial charge in [0.1, 0.15) is 0 Å². The Labute approximate surface area is 112 Å². The Kier molecular flexibility index (Phi) is 6.02. The van der Waals surface area contributed by atoms with Crippen molar-refractivity contribution in [3.8, 4) is 0 Å². The van der Waals surface area contributed by atoms with Crippen LogP contribution in [0.2, 0.25) is 0 Å². The van der Waals surface area contributed by atoms with E-state index < -0.39 is 12.0 Å². The highest BCUT2D eigenvalue weighted by molar-refractivity contribution is 5.78. The maximum absolute atomic E-state index is 11.5. The van der Waals surface area contributed by atoms with Crippen LogP contribution < -0.4 is 0 Å². The minimum absolute atomic E-state index is 0.318. The van der Waals surface area contributed by atoms with E-state index in [9.17, 15) is 14.7 Å². The van der Waals surface area contributed by atoms with E-state index in [2.05, 4.69) is 0 Å². The highest BCUT2D eigenvalue weighted by Crippen LogP contribution is 2.24. The molecule has 0 saturated carbocycles. The van der Waals surface area contributed by atoms with Crippen molar-refractivity contribution in [3.05, 3.63) is 35.4 Å². The number of aliphatic carboxylic acids is 1. The molecule has 1 atom stereocenters. The molecule has 1 N–H and O–H groups in total. The molecule has 1 unspecified atom stereocenters. The number of rotatable bonds is 8. The molecule has 104 valence electrons. The number of hydrogen-bond donors (Lipinski definition) is 1. The van der Waals surface area contributed by atoms with E-state index in [1.54, 1.807) is 19.2 Å². The van der Waals surface area contributed by atoms with Gasteiger partial charge in [-0.3, -0.25) is 4.79 Å². The number of nitrogens with zero attached hydrogens (tertiary/aromatic N) is 1. The Balaban J connectivity index is 3.18. The molecular weight excluding hydrogens is 246 g/mol. The van der Waals surface area contributed by atoms with E-state index in [1.165, 1.54) is 4.90 Å². The average Bonchev–Trinajstić information content (AvgIpc) is 2.40. The fourth-order valence-electron chi connectivity index (χ4n) is 2.04. The fourth-order valence-corrected chi connectivity index (χ4v) is 2.04. The molecule has 19 heavy (non-hydrogen) atoms. The number of carboxylic acids is 1. The number of hydrogen-bond acceptors (Lipinski definition) is 3. The van der Waals surface area contributed by atoms with E-state index >= 15 is 0 Å². The zero-order valence-electron chi connectivity index (χ0n) is 11.2. The lowest BCUT2D eigenvalue weighted by atomic mass is 9.99. The van der Waals surface area contributed by atoms with Crippen LogP contribution in [0.1, 0.15) is 30.5 Å². The summed E-state index contributed by atoms with van der Waals surface area (Å²) in [6.45, 7) is 2.62. The van der Waals surface area contributed by atoms with Crippen molar-refractivity contribution in [2.45, 2.75) is 26.0 Å². The van der Waals surface area contributed by atoms with E-state index in [1.807, 2.05) is 19.1 Å². The second kappa shape index (κ2) is 7.53. The van der Waals surface area contributed by atoms with Crippen LogP contribution in [0.25, 0.3) is 0 Å². The minimum atomic E-state index is -1.04. The number of carbonyl (C=O) groups excluding carboxylic acids is 1. The molecule has 0 bridgehead atoms. The van der Waals surface area contributed by atoms with Crippen LogP contribution in [-0.4, -0.2) is 36.0 Å². The first kappa shape index (κ1) is 15.2. The van der Waals surface area contributed by atoms with Gasteiger partial charge in [0.05, 0.1) is 6.61 Å². The van der Waals surface area contributed by atoms with Crippen molar-refractivity contribution >= 4 is 12.4 Å². The van der Waals surface area contributed by atoms with Crippen molar-refractivity contribution in [1.82, 2.24) is 4.90 Å². The molecular formula is C14H19NO4. The number of carbonyl (C=O) groups is 2. The summed E-state index contributed by atoms with van der Waals surface area (Å²) in [6, 6.07) is 6.15. The van der Waals surface area contributed by atoms with Crippen molar-refractivity contribution in [2.24, 2.45) is 0 Å². The van der Waals surface area contributed by atoms with E-state index in [0.29, 0.717) is 31.5 Å². The van der Waals surface area contributed by atoms with Gasteiger partial charge in [-0.05, 0) is 17.5 Å². The molecule has 1 aromatic rings. The van der Waals surface area contributed by atoms with Crippen molar-refractivity contribution in [3.63, 3.8) is 0 Å². The summed E-state index contributed by atoms with van der Waals surface area (Å²) in [5.41, 5.74) is 1.37. The lowest BCUT2D eigenvalue weighted by molar-refractivity contribution is -0.146. The summed E-state index contributed by atoms with van der Waals surface area (Å²) in [7, 11) is 1.55. The zero-order chi connectivity index (χ0) is 14.3. The number of benzene rings is 1. The van der Waals surface area contributed by atoms with Gasteiger partial charge < -0.3 is 14.7 Å². The van der Waals surface area contributed by atoms with E-state index in [4.69, 9.17) is 4.74 Å².